The summed E-state index contributed by atoms with van der Waals surface area (Å²) < 4.78 is 11.5. The third kappa shape index (κ3) is 6.05. The van der Waals surface area contributed by atoms with E-state index in [1.807, 2.05) is 39.8 Å². The van der Waals surface area contributed by atoms with Crippen molar-refractivity contribution in [1.29, 1.82) is 0 Å². The van der Waals surface area contributed by atoms with Crippen molar-refractivity contribution in [3.63, 3.8) is 0 Å². The third-order valence-electron chi connectivity index (χ3n) is 3.00. The van der Waals surface area contributed by atoms with Crippen molar-refractivity contribution in [2.45, 2.75) is 52.2 Å². The van der Waals surface area contributed by atoms with Crippen molar-refractivity contribution < 1.29 is 14.3 Å². The Bertz CT molecular complexity index is 529. The monoisotopic (exact) mass is 391 g/mol. The molecule has 1 aromatic rings. The van der Waals surface area contributed by atoms with Gasteiger partial charge in [0.15, 0.2) is 0 Å². The lowest BCUT2D eigenvalue weighted by molar-refractivity contribution is 0.0502. The highest BCUT2D eigenvalue weighted by Crippen LogP contribution is 2.31. The maximum atomic E-state index is 11.9. The summed E-state index contributed by atoms with van der Waals surface area (Å²) in [6.07, 6.45) is 0.976. The number of hydrogen-bond acceptors (Lipinski definition) is 3. The number of methoxy groups -OCH3 is 1. The molecule has 0 saturated carbocycles. The minimum absolute atomic E-state index is 0.0546. The average Bonchev–Trinajstić information content (AvgIpc) is 2.39. The minimum Gasteiger partial charge on any atom is -0.496 e. The highest BCUT2D eigenvalue weighted by molar-refractivity contribution is 9.10. The molecule has 1 N–H and O–H groups in total. The van der Waals surface area contributed by atoms with E-state index in [0.717, 1.165) is 22.2 Å². The van der Waals surface area contributed by atoms with Gasteiger partial charge in [0, 0.05) is 10.5 Å². The second kappa shape index (κ2) is 8.06. The molecule has 1 amide bonds. The molecule has 0 saturated heterocycles. The molecule has 0 aliphatic carbocycles. The first kappa shape index (κ1) is 19.1. The van der Waals surface area contributed by atoms with Crippen LogP contribution >= 0.6 is 27.5 Å². The van der Waals surface area contributed by atoms with Gasteiger partial charge in [-0.15, -0.1) is 0 Å². The Morgan fingerprint density at radius 1 is 1.41 bits per heavy atom. The molecule has 0 aromatic heterocycles. The zero-order valence-electron chi connectivity index (χ0n) is 13.6. The highest BCUT2D eigenvalue weighted by atomic mass is 79.9. The summed E-state index contributed by atoms with van der Waals surface area (Å²) in [4.78, 5) is 11.9. The number of carbonyl (C=O) groups excluding carboxylic acids is 1. The number of ether oxygens (including phenoxy) is 2. The van der Waals surface area contributed by atoms with Crippen LogP contribution in [0.25, 0.3) is 0 Å². The molecule has 22 heavy (non-hydrogen) atoms. The molecule has 0 fully saturated rings. The van der Waals surface area contributed by atoms with Crippen molar-refractivity contribution >= 4 is 33.6 Å². The minimum atomic E-state index is -0.513. The molecule has 1 rings (SSSR count). The number of benzene rings is 1. The molecule has 124 valence electrons. The van der Waals surface area contributed by atoms with Gasteiger partial charge < -0.3 is 14.8 Å². The summed E-state index contributed by atoms with van der Waals surface area (Å²) in [6.45, 7) is 7.52. The number of halogens is 2. The molecule has 1 unspecified atom stereocenters. The molecule has 0 aliphatic heterocycles. The van der Waals surface area contributed by atoms with Gasteiger partial charge in [0.1, 0.15) is 11.4 Å². The Kier molecular flexibility index (Phi) is 7.00. The van der Waals surface area contributed by atoms with Crippen molar-refractivity contribution in [3.05, 3.63) is 27.2 Å². The first-order valence-electron chi connectivity index (χ1n) is 7.17. The summed E-state index contributed by atoms with van der Waals surface area (Å²) in [5.74, 6) is 0.737. The second-order valence-corrected chi connectivity index (χ2v) is 7.30. The molecular formula is C16H23BrClNO3. The molecule has 0 radical (unpaired) electrons. The van der Waals surface area contributed by atoms with Crippen LogP contribution in [0.1, 0.15) is 39.7 Å². The van der Waals surface area contributed by atoms with Crippen LogP contribution in [0.2, 0.25) is 5.02 Å². The van der Waals surface area contributed by atoms with Crippen LogP contribution in [-0.4, -0.2) is 24.8 Å². The molecular weight excluding hydrogens is 370 g/mol. The largest absolute Gasteiger partial charge is 0.496 e. The molecule has 0 aliphatic rings. The lowest BCUT2D eigenvalue weighted by Crippen LogP contribution is -2.40. The molecule has 0 bridgehead atoms. The van der Waals surface area contributed by atoms with Gasteiger partial charge in [0.05, 0.1) is 12.1 Å². The fourth-order valence-corrected chi connectivity index (χ4v) is 2.47. The number of hydrogen-bond donors (Lipinski definition) is 1. The lowest BCUT2D eigenvalue weighted by atomic mass is 10.0. The Balaban J connectivity index is 2.82. The van der Waals surface area contributed by atoms with E-state index in [9.17, 15) is 4.79 Å². The SMILES string of the molecule is CCC(Cc1cc(Cl)c(Br)cc1OC)NC(=O)OC(C)(C)C. The predicted molar refractivity (Wildman–Crippen MR) is 92.9 cm³/mol. The maximum Gasteiger partial charge on any atom is 0.407 e. The van der Waals surface area contributed by atoms with E-state index in [1.54, 1.807) is 7.11 Å². The average molecular weight is 393 g/mol. The van der Waals surface area contributed by atoms with Crippen molar-refractivity contribution in [2.24, 2.45) is 0 Å². The van der Waals surface area contributed by atoms with E-state index in [-0.39, 0.29) is 6.04 Å². The van der Waals surface area contributed by atoms with Gasteiger partial charge in [-0.2, -0.15) is 0 Å². The van der Waals surface area contributed by atoms with Gasteiger partial charge in [0.25, 0.3) is 0 Å². The summed E-state index contributed by atoms with van der Waals surface area (Å²) in [6, 6.07) is 3.63. The quantitative estimate of drug-likeness (QED) is 0.770. The number of nitrogens with one attached hydrogen (secondary N) is 1. The summed E-state index contributed by atoms with van der Waals surface area (Å²) in [5.41, 5.74) is 0.430. The Morgan fingerprint density at radius 3 is 2.55 bits per heavy atom. The molecule has 1 aromatic carbocycles. The fraction of sp³-hybridized carbons (Fsp3) is 0.562. The topological polar surface area (TPSA) is 47.6 Å². The number of alkyl carbamates (subject to hydrolysis) is 1. The zero-order valence-corrected chi connectivity index (χ0v) is 16.0. The fourth-order valence-electron chi connectivity index (χ4n) is 1.96. The maximum absolute atomic E-state index is 11.9. The molecule has 4 nitrogen and oxygen atoms in total. The van der Waals surface area contributed by atoms with Crippen LogP contribution in [0.3, 0.4) is 0 Å². The van der Waals surface area contributed by atoms with Gasteiger partial charge in [0.2, 0.25) is 0 Å². The number of amides is 1. The van der Waals surface area contributed by atoms with Crippen LogP contribution in [-0.2, 0) is 11.2 Å². The van der Waals surface area contributed by atoms with E-state index >= 15 is 0 Å². The Morgan fingerprint density at radius 2 is 2.05 bits per heavy atom. The first-order chi connectivity index (χ1) is 10.2. The van der Waals surface area contributed by atoms with Crippen LogP contribution < -0.4 is 10.1 Å². The summed E-state index contributed by atoms with van der Waals surface area (Å²) in [5, 5.41) is 3.50. The Labute approximate surface area is 145 Å². The standard InChI is InChI=1S/C16H23BrClNO3/c1-6-11(19-15(20)22-16(2,3)4)7-10-8-13(18)12(17)9-14(10)21-5/h8-9,11H,6-7H2,1-5H3,(H,19,20). The molecule has 0 heterocycles. The van der Waals surface area contributed by atoms with Crippen molar-refractivity contribution in [1.82, 2.24) is 5.32 Å². The smallest absolute Gasteiger partial charge is 0.407 e. The lowest BCUT2D eigenvalue weighted by Gasteiger charge is -2.23. The van der Waals surface area contributed by atoms with Crippen LogP contribution in [0.5, 0.6) is 5.75 Å². The highest BCUT2D eigenvalue weighted by Gasteiger charge is 2.20. The van der Waals surface area contributed by atoms with Gasteiger partial charge in [-0.1, -0.05) is 18.5 Å². The first-order valence-corrected chi connectivity index (χ1v) is 8.34. The van der Waals surface area contributed by atoms with Crippen molar-refractivity contribution in [3.8, 4) is 5.75 Å². The van der Waals surface area contributed by atoms with Crippen LogP contribution in [0.4, 0.5) is 4.79 Å². The molecule has 1 atom stereocenters. The van der Waals surface area contributed by atoms with E-state index in [0.29, 0.717) is 11.4 Å². The van der Waals surface area contributed by atoms with Crippen LogP contribution in [0, 0.1) is 0 Å². The van der Waals surface area contributed by atoms with Gasteiger partial charge in [-0.25, -0.2) is 4.79 Å². The van der Waals surface area contributed by atoms with Gasteiger partial charge in [-0.05, 0) is 67.2 Å². The molecule has 0 spiro atoms. The van der Waals surface area contributed by atoms with E-state index in [4.69, 9.17) is 21.1 Å². The van der Waals surface area contributed by atoms with Crippen molar-refractivity contribution in [2.75, 3.05) is 7.11 Å². The van der Waals surface area contributed by atoms with E-state index < -0.39 is 11.7 Å². The normalized spacial score (nSPS) is 12.7. The predicted octanol–water partition coefficient (Wildman–Crippen LogP) is 4.96. The summed E-state index contributed by atoms with van der Waals surface area (Å²) in [7, 11) is 1.61. The molecule has 6 heteroatoms. The second-order valence-electron chi connectivity index (χ2n) is 6.03. The Hall–Kier alpha value is -0.940. The third-order valence-corrected chi connectivity index (χ3v) is 4.20. The number of carbonyl (C=O) groups is 1. The zero-order chi connectivity index (χ0) is 16.9. The number of rotatable bonds is 5. The van der Waals surface area contributed by atoms with E-state index in [1.165, 1.54) is 0 Å². The van der Waals surface area contributed by atoms with E-state index in [2.05, 4.69) is 21.2 Å². The van der Waals surface area contributed by atoms with Crippen LogP contribution in [0.15, 0.2) is 16.6 Å². The summed E-state index contributed by atoms with van der Waals surface area (Å²) >= 11 is 9.52. The van der Waals surface area contributed by atoms with Gasteiger partial charge in [-0.3, -0.25) is 0 Å². The van der Waals surface area contributed by atoms with Gasteiger partial charge >= 0.3 is 6.09 Å².